The second-order valence-corrected chi connectivity index (χ2v) is 7.42. The van der Waals surface area contributed by atoms with Crippen molar-refractivity contribution in [3.63, 3.8) is 0 Å². The molecule has 2 aromatic rings. The number of non-ortho nitro benzene ring substituents is 1. The molecule has 31 heavy (non-hydrogen) atoms. The number of thioether (sulfide) groups is 1. The molecule has 1 aliphatic heterocycles. The molecule has 2 aromatic carbocycles. The maximum atomic E-state index is 12.2. The van der Waals surface area contributed by atoms with Crippen molar-refractivity contribution < 1.29 is 24.4 Å². The first-order valence-electron chi connectivity index (χ1n) is 8.85. The predicted octanol–water partition coefficient (Wildman–Crippen LogP) is 2.26. The molecule has 0 aromatic heterocycles. The third-order valence-electron chi connectivity index (χ3n) is 4.07. The zero-order valence-electron chi connectivity index (χ0n) is 16.1. The third kappa shape index (κ3) is 5.79. The third-order valence-corrected chi connectivity index (χ3v) is 5.14. The van der Waals surface area contributed by atoms with Crippen LogP contribution in [0.5, 0.6) is 11.5 Å². The molecule has 160 valence electrons. The summed E-state index contributed by atoms with van der Waals surface area (Å²) < 4.78 is 5.01. The summed E-state index contributed by atoms with van der Waals surface area (Å²) in [6.07, 6.45) is 1.32. The van der Waals surface area contributed by atoms with E-state index in [0.717, 1.165) is 11.8 Å². The lowest BCUT2D eigenvalue weighted by Gasteiger charge is -2.07. The predicted molar refractivity (Wildman–Crippen MR) is 116 cm³/mol. The van der Waals surface area contributed by atoms with Gasteiger partial charge < -0.3 is 20.5 Å². The van der Waals surface area contributed by atoms with E-state index in [-0.39, 0.29) is 28.9 Å². The standard InChI is InChI=1S/C19H17N5O6S/c1-30-15-8-11(2-7-14(15)25)10-20-23-19-22-18(27)16(31-19)9-17(26)21-12-3-5-13(6-4-12)24(28)29/h2-8,10,16,25H,9H2,1H3,(H,21,26)(H,22,23,27)/b20-10+. The van der Waals surface area contributed by atoms with Crippen LogP contribution in [0.3, 0.4) is 0 Å². The summed E-state index contributed by atoms with van der Waals surface area (Å²) in [5.41, 5.74) is 0.935. The number of nitrogens with zero attached hydrogens (tertiary/aromatic N) is 3. The van der Waals surface area contributed by atoms with Crippen molar-refractivity contribution >= 4 is 46.3 Å². The lowest BCUT2D eigenvalue weighted by molar-refractivity contribution is -0.384. The Kier molecular flexibility index (Phi) is 6.82. The number of nitrogens with one attached hydrogen (secondary N) is 2. The zero-order valence-corrected chi connectivity index (χ0v) is 17.0. The highest BCUT2D eigenvalue weighted by molar-refractivity contribution is 8.15. The molecular weight excluding hydrogens is 426 g/mol. The van der Waals surface area contributed by atoms with Crippen LogP contribution in [0.25, 0.3) is 0 Å². The second-order valence-electron chi connectivity index (χ2n) is 6.23. The number of aromatic hydroxyl groups is 1. The number of anilines is 1. The van der Waals surface area contributed by atoms with Crippen molar-refractivity contribution in [3.8, 4) is 11.5 Å². The van der Waals surface area contributed by atoms with E-state index in [2.05, 4.69) is 20.8 Å². The van der Waals surface area contributed by atoms with E-state index in [1.807, 2.05) is 0 Å². The highest BCUT2D eigenvalue weighted by Crippen LogP contribution is 2.26. The van der Waals surface area contributed by atoms with Gasteiger partial charge in [-0.25, -0.2) is 0 Å². The summed E-state index contributed by atoms with van der Waals surface area (Å²) in [4.78, 5) is 34.4. The summed E-state index contributed by atoms with van der Waals surface area (Å²) in [6, 6.07) is 10.0. The molecule has 12 heteroatoms. The van der Waals surface area contributed by atoms with Crippen LogP contribution in [-0.4, -0.2) is 45.6 Å². The van der Waals surface area contributed by atoms with Crippen molar-refractivity contribution in [1.82, 2.24) is 5.32 Å². The molecule has 1 fully saturated rings. The first-order valence-corrected chi connectivity index (χ1v) is 9.73. The van der Waals surface area contributed by atoms with E-state index < -0.39 is 16.1 Å². The Bertz CT molecular complexity index is 1070. The van der Waals surface area contributed by atoms with Crippen LogP contribution in [0.1, 0.15) is 12.0 Å². The summed E-state index contributed by atoms with van der Waals surface area (Å²) in [5, 5.41) is 32.8. The number of hydrogen-bond acceptors (Lipinski definition) is 9. The van der Waals surface area contributed by atoms with Crippen LogP contribution in [0, 0.1) is 10.1 Å². The molecule has 0 saturated carbocycles. The van der Waals surface area contributed by atoms with Gasteiger partial charge in [0, 0.05) is 24.2 Å². The smallest absolute Gasteiger partial charge is 0.269 e. The van der Waals surface area contributed by atoms with Crippen LogP contribution in [-0.2, 0) is 9.59 Å². The fourth-order valence-corrected chi connectivity index (χ4v) is 3.48. The van der Waals surface area contributed by atoms with Crippen LogP contribution >= 0.6 is 11.8 Å². The Morgan fingerprint density at radius 1 is 1.35 bits per heavy atom. The van der Waals surface area contributed by atoms with Crippen molar-refractivity contribution in [2.24, 2.45) is 10.2 Å². The molecule has 1 atom stereocenters. The number of hydrogen-bond donors (Lipinski definition) is 3. The molecular formula is C19H17N5O6S. The molecule has 3 N–H and O–H groups in total. The number of nitro benzene ring substituents is 1. The Hall–Kier alpha value is -3.93. The number of carbonyl (C=O) groups excluding carboxylic acids is 2. The number of methoxy groups -OCH3 is 1. The first-order chi connectivity index (χ1) is 14.9. The first kappa shape index (κ1) is 21.8. The molecule has 1 aliphatic rings. The summed E-state index contributed by atoms with van der Waals surface area (Å²) in [5.74, 6) is -0.495. The van der Waals surface area contributed by atoms with Gasteiger partial charge >= 0.3 is 0 Å². The van der Waals surface area contributed by atoms with Gasteiger partial charge in [0.1, 0.15) is 5.25 Å². The molecule has 1 heterocycles. The Labute approximate surface area is 180 Å². The topological polar surface area (TPSA) is 156 Å². The van der Waals surface area contributed by atoms with Gasteiger partial charge in [0.2, 0.25) is 11.8 Å². The van der Waals surface area contributed by atoms with Gasteiger partial charge in [-0.1, -0.05) is 11.8 Å². The number of amides is 2. The largest absolute Gasteiger partial charge is 0.504 e. The molecule has 0 radical (unpaired) electrons. The molecule has 0 bridgehead atoms. The number of amidine groups is 1. The van der Waals surface area contributed by atoms with Gasteiger partial charge in [-0.05, 0) is 35.9 Å². The van der Waals surface area contributed by atoms with E-state index in [1.165, 1.54) is 43.7 Å². The average Bonchev–Trinajstić information content (AvgIpc) is 3.08. The monoisotopic (exact) mass is 443 g/mol. The van der Waals surface area contributed by atoms with Gasteiger partial charge in [0.15, 0.2) is 16.7 Å². The number of phenols is 1. The number of nitro groups is 1. The minimum atomic E-state index is -0.680. The minimum Gasteiger partial charge on any atom is -0.504 e. The molecule has 1 unspecified atom stereocenters. The maximum absolute atomic E-state index is 12.2. The van der Waals surface area contributed by atoms with Crippen molar-refractivity contribution in [3.05, 3.63) is 58.1 Å². The van der Waals surface area contributed by atoms with E-state index >= 15 is 0 Å². The summed E-state index contributed by atoms with van der Waals surface area (Å²) in [7, 11) is 1.43. The van der Waals surface area contributed by atoms with Gasteiger partial charge in [-0.2, -0.15) is 5.10 Å². The number of carbonyl (C=O) groups is 2. The van der Waals surface area contributed by atoms with Crippen LogP contribution in [0.2, 0.25) is 0 Å². The van der Waals surface area contributed by atoms with Crippen molar-refractivity contribution in [1.29, 1.82) is 0 Å². The van der Waals surface area contributed by atoms with Crippen molar-refractivity contribution in [2.45, 2.75) is 11.7 Å². The fourth-order valence-electron chi connectivity index (χ4n) is 2.56. The summed E-state index contributed by atoms with van der Waals surface area (Å²) >= 11 is 1.07. The highest BCUT2D eigenvalue weighted by Gasteiger charge is 2.32. The van der Waals surface area contributed by atoms with E-state index in [0.29, 0.717) is 17.0 Å². The number of ether oxygens (including phenoxy) is 1. The zero-order chi connectivity index (χ0) is 22.4. The van der Waals surface area contributed by atoms with Gasteiger partial charge in [0.05, 0.1) is 18.2 Å². The quantitative estimate of drug-likeness (QED) is 0.337. The second kappa shape index (κ2) is 9.71. The molecule has 2 amide bonds. The summed E-state index contributed by atoms with van der Waals surface area (Å²) in [6.45, 7) is 0. The fraction of sp³-hybridized carbons (Fsp3) is 0.158. The van der Waals surface area contributed by atoms with Gasteiger partial charge in [-0.15, -0.1) is 5.10 Å². The van der Waals surface area contributed by atoms with E-state index in [9.17, 15) is 24.8 Å². The number of rotatable bonds is 7. The number of benzene rings is 2. The Balaban J connectivity index is 1.55. The maximum Gasteiger partial charge on any atom is 0.269 e. The van der Waals surface area contributed by atoms with E-state index in [4.69, 9.17) is 4.74 Å². The van der Waals surface area contributed by atoms with Gasteiger partial charge in [-0.3, -0.25) is 19.7 Å². The van der Waals surface area contributed by atoms with Crippen molar-refractivity contribution in [2.75, 3.05) is 12.4 Å². The van der Waals surface area contributed by atoms with Crippen LogP contribution in [0.4, 0.5) is 11.4 Å². The average molecular weight is 443 g/mol. The highest BCUT2D eigenvalue weighted by atomic mass is 32.2. The van der Waals surface area contributed by atoms with Gasteiger partial charge in [0.25, 0.3) is 5.69 Å². The number of phenolic OH excluding ortho intramolecular Hbond substituents is 1. The van der Waals surface area contributed by atoms with E-state index in [1.54, 1.807) is 12.1 Å². The normalized spacial score (nSPS) is 17.0. The molecule has 11 nitrogen and oxygen atoms in total. The Morgan fingerprint density at radius 3 is 2.77 bits per heavy atom. The minimum absolute atomic E-state index is 0.000537. The molecule has 3 rings (SSSR count). The molecule has 0 aliphatic carbocycles. The van der Waals surface area contributed by atoms with Crippen LogP contribution < -0.4 is 15.4 Å². The van der Waals surface area contributed by atoms with Crippen LogP contribution in [0.15, 0.2) is 52.7 Å². The lowest BCUT2D eigenvalue weighted by atomic mass is 10.2. The SMILES string of the molecule is COc1cc(/C=N/N=C2\NC(=O)C(CC(=O)Nc3ccc([N+](=O)[O-])cc3)S2)ccc1O. The molecule has 0 spiro atoms. The molecule has 1 saturated heterocycles. The Morgan fingerprint density at radius 2 is 2.10 bits per heavy atom. The lowest BCUT2D eigenvalue weighted by Crippen LogP contribution is -2.28.